The van der Waals surface area contributed by atoms with E-state index in [1.165, 1.54) is 29.5 Å². The molecule has 0 heterocycles. The molecule has 0 radical (unpaired) electrons. The van der Waals surface area contributed by atoms with Crippen molar-refractivity contribution in [3.63, 3.8) is 0 Å². The second-order valence-electron chi connectivity index (χ2n) is 8.31. The van der Waals surface area contributed by atoms with Crippen LogP contribution in [0.4, 0.5) is 0 Å². The predicted octanol–water partition coefficient (Wildman–Crippen LogP) is 4.48. The molecule has 1 aromatic rings. The largest absolute Gasteiger partial charge is 0.299 e. The van der Waals surface area contributed by atoms with Crippen molar-refractivity contribution >= 4 is 5.78 Å². The van der Waals surface area contributed by atoms with Gasteiger partial charge in [0.1, 0.15) is 5.78 Å². The molecule has 1 spiro atoms. The van der Waals surface area contributed by atoms with E-state index in [1.54, 1.807) is 5.57 Å². The second-order valence-corrected chi connectivity index (χ2v) is 8.31. The van der Waals surface area contributed by atoms with E-state index in [-0.39, 0.29) is 10.8 Å². The van der Waals surface area contributed by atoms with E-state index in [9.17, 15) is 4.79 Å². The van der Waals surface area contributed by atoms with Crippen molar-refractivity contribution in [2.24, 2.45) is 5.92 Å². The van der Waals surface area contributed by atoms with Gasteiger partial charge >= 0.3 is 0 Å². The van der Waals surface area contributed by atoms with E-state index in [1.807, 2.05) is 0 Å². The van der Waals surface area contributed by atoms with Crippen molar-refractivity contribution in [1.82, 2.24) is 0 Å². The first-order valence-corrected chi connectivity index (χ1v) is 8.23. The highest BCUT2D eigenvalue weighted by molar-refractivity contribution is 5.86. The summed E-state index contributed by atoms with van der Waals surface area (Å²) >= 11 is 0. The molecule has 1 fully saturated rings. The standard InChI is InChI=1S/C20H24O/c1-19(2,3)17-5-4-6-18-16(17)10-15(21)12-20(18)11-13-7-8-14(20)9-13/h4-7,14H,8-12H2,1-3H3. The van der Waals surface area contributed by atoms with E-state index < -0.39 is 0 Å². The normalized spacial score (nSPS) is 30.7. The molecule has 1 aromatic carbocycles. The Kier molecular flexibility index (Phi) is 2.59. The second kappa shape index (κ2) is 4.09. The molecule has 3 aliphatic carbocycles. The molecular formula is C20H24O. The minimum atomic E-state index is 0.112. The Morgan fingerprint density at radius 3 is 2.62 bits per heavy atom. The van der Waals surface area contributed by atoms with E-state index in [2.05, 4.69) is 45.0 Å². The van der Waals surface area contributed by atoms with E-state index in [0.29, 0.717) is 18.1 Å². The van der Waals surface area contributed by atoms with E-state index in [0.717, 1.165) is 12.8 Å². The topological polar surface area (TPSA) is 17.1 Å². The lowest BCUT2D eigenvalue weighted by Crippen LogP contribution is -2.40. The first-order chi connectivity index (χ1) is 9.90. The molecule has 1 nitrogen and oxygen atoms in total. The van der Waals surface area contributed by atoms with Gasteiger partial charge in [-0.1, -0.05) is 50.6 Å². The quantitative estimate of drug-likeness (QED) is 0.640. The molecule has 1 saturated carbocycles. The summed E-state index contributed by atoms with van der Waals surface area (Å²) in [6.45, 7) is 6.78. The molecule has 2 atom stereocenters. The molecular weight excluding hydrogens is 256 g/mol. The van der Waals surface area contributed by atoms with Crippen molar-refractivity contribution < 1.29 is 4.79 Å². The smallest absolute Gasteiger partial charge is 0.138 e. The summed E-state index contributed by atoms with van der Waals surface area (Å²) in [5.41, 5.74) is 6.08. The number of carbonyl (C=O) groups excluding carboxylic acids is 1. The van der Waals surface area contributed by atoms with Crippen LogP contribution >= 0.6 is 0 Å². The zero-order valence-electron chi connectivity index (χ0n) is 13.3. The van der Waals surface area contributed by atoms with Gasteiger partial charge in [-0.25, -0.2) is 0 Å². The fourth-order valence-corrected chi connectivity index (χ4v) is 5.08. The van der Waals surface area contributed by atoms with Crippen LogP contribution in [0.15, 0.2) is 29.8 Å². The van der Waals surface area contributed by atoms with Crippen LogP contribution in [0.2, 0.25) is 0 Å². The summed E-state index contributed by atoms with van der Waals surface area (Å²) in [6.07, 6.45) is 7.38. The molecule has 0 aliphatic heterocycles. The van der Waals surface area contributed by atoms with Crippen LogP contribution in [0.1, 0.15) is 63.1 Å². The van der Waals surface area contributed by atoms with Gasteiger partial charge in [0.2, 0.25) is 0 Å². The van der Waals surface area contributed by atoms with Crippen LogP contribution in [0.5, 0.6) is 0 Å². The predicted molar refractivity (Wildman–Crippen MR) is 85.6 cm³/mol. The number of Topliss-reactive ketones (excluding diaryl/α,β-unsaturated/α-hetero) is 1. The molecule has 21 heavy (non-hydrogen) atoms. The van der Waals surface area contributed by atoms with Gasteiger partial charge in [-0.05, 0) is 47.3 Å². The van der Waals surface area contributed by atoms with Crippen molar-refractivity contribution in [2.45, 2.75) is 63.7 Å². The minimum Gasteiger partial charge on any atom is -0.299 e. The highest BCUT2D eigenvalue weighted by Crippen LogP contribution is 2.58. The average Bonchev–Trinajstić information content (AvgIpc) is 2.97. The Balaban J connectivity index is 1.94. The Bertz CT molecular complexity index is 659. The molecule has 0 saturated heterocycles. The van der Waals surface area contributed by atoms with Gasteiger partial charge in [-0.15, -0.1) is 0 Å². The Labute approximate surface area is 127 Å². The Hall–Kier alpha value is -1.37. The lowest BCUT2D eigenvalue weighted by Gasteiger charge is -2.42. The summed E-state index contributed by atoms with van der Waals surface area (Å²) in [5.74, 6) is 1.12. The monoisotopic (exact) mass is 280 g/mol. The highest BCUT2D eigenvalue weighted by atomic mass is 16.1. The van der Waals surface area contributed by atoms with E-state index in [4.69, 9.17) is 0 Å². The van der Waals surface area contributed by atoms with Crippen molar-refractivity contribution in [2.75, 3.05) is 0 Å². The summed E-state index contributed by atoms with van der Waals surface area (Å²) < 4.78 is 0. The third-order valence-electron chi connectivity index (χ3n) is 5.93. The number of carbonyl (C=O) groups is 1. The van der Waals surface area contributed by atoms with Crippen molar-refractivity contribution in [3.8, 4) is 0 Å². The fraction of sp³-hybridized carbons (Fsp3) is 0.550. The van der Waals surface area contributed by atoms with Gasteiger partial charge in [-0.3, -0.25) is 4.79 Å². The SMILES string of the molecule is CC(C)(C)c1cccc2c1CC(=O)CC21CC2=CCC1C2. The minimum absolute atomic E-state index is 0.112. The molecule has 1 heteroatoms. The first kappa shape index (κ1) is 13.3. The van der Waals surface area contributed by atoms with Crippen molar-refractivity contribution in [3.05, 3.63) is 46.5 Å². The number of fused-ring (bicyclic) bond motifs is 5. The number of hydrogen-bond acceptors (Lipinski definition) is 1. The molecule has 2 unspecified atom stereocenters. The number of ketones is 1. The van der Waals surface area contributed by atoms with Crippen LogP contribution in [0.25, 0.3) is 0 Å². The lowest BCUT2D eigenvalue weighted by molar-refractivity contribution is -0.120. The van der Waals surface area contributed by atoms with Gasteiger partial charge in [0.25, 0.3) is 0 Å². The summed E-state index contributed by atoms with van der Waals surface area (Å²) in [5, 5.41) is 0. The molecule has 4 rings (SSSR count). The van der Waals surface area contributed by atoms with Crippen LogP contribution in [0, 0.1) is 5.92 Å². The molecule has 3 aliphatic rings. The molecule has 0 aromatic heterocycles. The van der Waals surface area contributed by atoms with E-state index >= 15 is 0 Å². The number of allylic oxidation sites excluding steroid dienone is 2. The zero-order valence-corrected chi connectivity index (χ0v) is 13.3. The van der Waals surface area contributed by atoms with Crippen LogP contribution in [-0.4, -0.2) is 5.78 Å². The van der Waals surface area contributed by atoms with Gasteiger partial charge in [0.15, 0.2) is 0 Å². The van der Waals surface area contributed by atoms with Gasteiger partial charge in [-0.2, -0.15) is 0 Å². The van der Waals surface area contributed by atoms with Crippen LogP contribution in [0.3, 0.4) is 0 Å². The molecule has 2 bridgehead atoms. The highest BCUT2D eigenvalue weighted by Gasteiger charge is 2.52. The van der Waals surface area contributed by atoms with Gasteiger partial charge < -0.3 is 0 Å². The maximum atomic E-state index is 12.5. The number of benzene rings is 1. The number of hydrogen-bond donors (Lipinski definition) is 0. The summed E-state index contributed by atoms with van der Waals surface area (Å²) in [6, 6.07) is 6.77. The van der Waals surface area contributed by atoms with Crippen LogP contribution in [-0.2, 0) is 22.0 Å². The van der Waals surface area contributed by atoms with Crippen LogP contribution < -0.4 is 0 Å². The first-order valence-electron chi connectivity index (χ1n) is 8.23. The third-order valence-corrected chi connectivity index (χ3v) is 5.93. The maximum Gasteiger partial charge on any atom is 0.138 e. The summed E-state index contributed by atoms with van der Waals surface area (Å²) in [7, 11) is 0. The zero-order chi connectivity index (χ0) is 14.8. The van der Waals surface area contributed by atoms with Crippen molar-refractivity contribution in [1.29, 1.82) is 0 Å². The van der Waals surface area contributed by atoms with Gasteiger partial charge in [0.05, 0.1) is 0 Å². The summed E-state index contributed by atoms with van der Waals surface area (Å²) in [4.78, 5) is 12.5. The lowest BCUT2D eigenvalue weighted by atomic mass is 9.60. The fourth-order valence-electron chi connectivity index (χ4n) is 5.08. The molecule has 0 amide bonds. The maximum absolute atomic E-state index is 12.5. The average molecular weight is 280 g/mol. The third kappa shape index (κ3) is 1.79. The Morgan fingerprint density at radius 1 is 1.19 bits per heavy atom. The Morgan fingerprint density at radius 2 is 2.00 bits per heavy atom. The molecule has 110 valence electrons. The number of rotatable bonds is 0. The van der Waals surface area contributed by atoms with Gasteiger partial charge in [0, 0.05) is 18.3 Å². The molecule has 0 N–H and O–H groups in total.